The lowest BCUT2D eigenvalue weighted by molar-refractivity contribution is -0.0606. The van der Waals surface area contributed by atoms with Gasteiger partial charge in [-0.3, -0.25) is 0 Å². The van der Waals surface area contributed by atoms with Gasteiger partial charge < -0.3 is 10.2 Å². The van der Waals surface area contributed by atoms with Gasteiger partial charge in [0, 0.05) is 5.41 Å². The molecule has 3 aliphatic rings. The lowest BCUT2D eigenvalue weighted by Crippen LogP contribution is -2.50. The third kappa shape index (κ3) is 1.83. The summed E-state index contributed by atoms with van der Waals surface area (Å²) in [6, 6.07) is 5.67. The number of aliphatic hydroxyl groups excluding tert-OH is 1. The average Bonchev–Trinajstić information content (AvgIpc) is 2.78. The van der Waals surface area contributed by atoms with Crippen molar-refractivity contribution in [1.29, 1.82) is 0 Å². The first kappa shape index (κ1) is 15.2. The number of phenolic OH excluding ortho intramolecular Hbond substituents is 1. The maximum absolute atomic E-state index is 14.4. The summed E-state index contributed by atoms with van der Waals surface area (Å²) in [4.78, 5) is 0. The van der Waals surface area contributed by atoms with Crippen LogP contribution in [0.25, 0.3) is 0 Å². The smallest absolute Gasteiger partial charge is 0.127 e. The molecule has 0 aliphatic heterocycles. The summed E-state index contributed by atoms with van der Waals surface area (Å²) in [6.45, 7) is 6.20. The van der Waals surface area contributed by atoms with Gasteiger partial charge in [0.1, 0.15) is 11.9 Å². The minimum absolute atomic E-state index is 0.137. The quantitative estimate of drug-likeness (QED) is 0.765. The number of rotatable bonds is 1. The van der Waals surface area contributed by atoms with Crippen molar-refractivity contribution in [3.63, 3.8) is 0 Å². The molecule has 3 heteroatoms. The van der Waals surface area contributed by atoms with E-state index in [1.807, 2.05) is 12.1 Å². The van der Waals surface area contributed by atoms with E-state index in [9.17, 15) is 14.6 Å². The summed E-state index contributed by atoms with van der Waals surface area (Å²) < 4.78 is 14.4. The number of benzene rings is 1. The molecular weight excluding hydrogens is 291 g/mol. The predicted molar refractivity (Wildman–Crippen MR) is 88.1 cm³/mol. The Kier molecular flexibility index (Phi) is 3.19. The number of aryl methyl sites for hydroxylation is 1. The highest BCUT2D eigenvalue weighted by molar-refractivity contribution is 5.43. The second-order valence-electron chi connectivity index (χ2n) is 8.05. The molecule has 0 radical (unpaired) electrons. The highest BCUT2D eigenvalue weighted by Crippen LogP contribution is 2.67. The minimum Gasteiger partial charge on any atom is -0.508 e. The SMILES string of the molecule is C=CC12CCc3cc(O)ccc3[C@H]1CC[C@]1(C)[C@@H](O)[C@H](F)C[C@@H]21. The van der Waals surface area contributed by atoms with E-state index >= 15 is 0 Å². The van der Waals surface area contributed by atoms with E-state index in [1.165, 1.54) is 11.1 Å². The molecular formula is C20H25FO2. The van der Waals surface area contributed by atoms with Crippen molar-refractivity contribution in [3.8, 4) is 5.75 Å². The monoisotopic (exact) mass is 316 g/mol. The number of fused-ring (bicyclic) bond motifs is 5. The van der Waals surface area contributed by atoms with Crippen LogP contribution in [-0.4, -0.2) is 22.5 Å². The van der Waals surface area contributed by atoms with Crippen molar-refractivity contribution in [3.05, 3.63) is 42.0 Å². The van der Waals surface area contributed by atoms with Crippen molar-refractivity contribution in [2.24, 2.45) is 16.7 Å². The van der Waals surface area contributed by atoms with E-state index in [0.29, 0.717) is 18.1 Å². The molecule has 2 saturated carbocycles. The Morgan fingerprint density at radius 3 is 2.87 bits per heavy atom. The Morgan fingerprint density at radius 2 is 2.13 bits per heavy atom. The van der Waals surface area contributed by atoms with Crippen LogP contribution >= 0.6 is 0 Å². The third-order valence-corrected chi connectivity index (χ3v) is 7.25. The Balaban J connectivity index is 1.83. The molecule has 0 amide bonds. The number of alkyl halides is 1. The van der Waals surface area contributed by atoms with Crippen molar-refractivity contribution in [2.75, 3.05) is 0 Å². The van der Waals surface area contributed by atoms with Gasteiger partial charge in [-0.05, 0) is 72.6 Å². The molecule has 0 bridgehead atoms. The van der Waals surface area contributed by atoms with Crippen LogP contribution in [0.3, 0.4) is 0 Å². The summed E-state index contributed by atoms with van der Waals surface area (Å²) >= 11 is 0. The first-order chi connectivity index (χ1) is 10.9. The van der Waals surface area contributed by atoms with Gasteiger partial charge in [0.05, 0.1) is 6.10 Å². The number of aromatic hydroxyl groups is 1. The molecule has 6 atom stereocenters. The first-order valence-corrected chi connectivity index (χ1v) is 8.70. The first-order valence-electron chi connectivity index (χ1n) is 8.70. The van der Waals surface area contributed by atoms with Crippen LogP contribution in [0.5, 0.6) is 5.75 Å². The molecule has 1 unspecified atom stereocenters. The van der Waals surface area contributed by atoms with Gasteiger partial charge >= 0.3 is 0 Å². The Labute approximate surface area is 137 Å². The van der Waals surface area contributed by atoms with Gasteiger partial charge in [-0.1, -0.05) is 19.1 Å². The van der Waals surface area contributed by atoms with Crippen molar-refractivity contribution in [1.82, 2.24) is 0 Å². The second kappa shape index (κ2) is 4.83. The zero-order valence-electron chi connectivity index (χ0n) is 13.6. The van der Waals surface area contributed by atoms with Crippen LogP contribution < -0.4 is 0 Å². The number of allylic oxidation sites excluding steroid dienone is 1. The number of hydrogen-bond donors (Lipinski definition) is 2. The number of halogens is 1. The third-order valence-electron chi connectivity index (χ3n) is 7.25. The Bertz CT molecular complexity index is 657. The van der Waals surface area contributed by atoms with E-state index in [0.717, 1.165) is 25.7 Å². The van der Waals surface area contributed by atoms with E-state index in [4.69, 9.17) is 0 Å². The van der Waals surface area contributed by atoms with Crippen LogP contribution in [0.15, 0.2) is 30.9 Å². The fourth-order valence-electron chi connectivity index (χ4n) is 6.04. The molecule has 124 valence electrons. The van der Waals surface area contributed by atoms with Gasteiger partial charge in [-0.2, -0.15) is 0 Å². The molecule has 23 heavy (non-hydrogen) atoms. The van der Waals surface area contributed by atoms with Crippen molar-refractivity contribution in [2.45, 2.75) is 57.2 Å². The molecule has 1 aromatic rings. The van der Waals surface area contributed by atoms with Crippen LogP contribution in [0.1, 0.15) is 49.7 Å². The fraction of sp³-hybridized carbons (Fsp3) is 0.600. The highest BCUT2D eigenvalue weighted by atomic mass is 19.1. The van der Waals surface area contributed by atoms with E-state index in [1.54, 1.807) is 6.07 Å². The summed E-state index contributed by atoms with van der Waals surface area (Å²) in [6.07, 6.45) is 4.12. The molecule has 0 saturated heterocycles. The zero-order valence-corrected chi connectivity index (χ0v) is 13.6. The second-order valence-corrected chi connectivity index (χ2v) is 8.05. The maximum atomic E-state index is 14.4. The van der Waals surface area contributed by atoms with E-state index < -0.39 is 12.3 Å². The lowest BCUT2D eigenvalue weighted by atomic mass is 9.47. The number of hydrogen-bond acceptors (Lipinski definition) is 2. The largest absolute Gasteiger partial charge is 0.508 e. The molecule has 2 nitrogen and oxygen atoms in total. The molecule has 0 spiro atoms. The van der Waals surface area contributed by atoms with Gasteiger partial charge in [-0.25, -0.2) is 4.39 Å². The molecule has 3 aliphatic carbocycles. The number of aliphatic hydroxyl groups is 1. The van der Waals surface area contributed by atoms with Crippen molar-refractivity contribution < 1.29 is 14.6 Å². The minimum atomic E-state index is -1.12. The molecule has 1 aromatic carbocycles. The van der Waals surface area contributed by atoms with Crippen LogP contribution in [0.4, 0.5) is 4.39 Å². The summed E-state index contributed by atoms with van der Waals surface area (Å²) in [7, 11) is 0. The fourth-order valence-corrected chi connectivity index (χ4v) is 6.04. The standard InChI is InChI=1S/C20H25FO2/c1-3-20-9-6-12-10-13(22)4-5-14(12)15(20)7-8-19(2)17(20)11-16(21)18(19)23/h3-5,10,15-18,22-23H,1,6-9,11H2,2H3/t15-,16-,17-,18+,19+,20?/m1/s1. The topological polar surface area (TPSA) is 40.5 Å². The van der Waals surface area contributed by atoms with Crippen LogP contribution in [0.2, 0.25) is 0 Å². The Morgan fingerprint density at radius 1 is 1.35 bits per heavy atom. The van der Waals surface area contributed by atoms with Crippen molar-refractivity contribution >= 4 is 0 Å². The summed E-state index contributed by atoms with van der Waals surface area (Å²) in [5.74, 6) is 0.772. The number of phenols is 1. The summed E-state index contributed by atoms with van der Waals surface area (Å²) in [5, 5.41) is 20.2. The molecule has 0 heterocycles. The van der Waals surface area contributed by atoms with Crippen LogP contribution in [-0.2, 0) is 6.42 Å². The van der Waals surface area contributed by atoms with Gasteiger partial charge in [0.25, 0.3) is 0 Å². The molecule has 2 N–H and O–H groups in total. The molecule has 0 aromatic heterocycles. The predicted octanol–water partition coefficient (Wildman–Crippen LogP) is 4.11. The average molecular weight is 316 g/mol. The van der Waals surface area contributed by atoms with E-state index in [-0.39, 0.29) is 16.7 Å². The summed E-state index contributed by atoms with van der Waals surface area (Å²) in [5.41, 5.74) is 2.01. The zero-order chi connectivity index (χ0) is 16.4. The molecule has 2 fully saturated rings. The molecule has 4 rings (SSSR count). The normalized spacial score (nSPS) is 45.0. The van der Waals surface area contributed by atoms with E-state index in [2.05, 4.69) is 19.6 Å². The van der Waals surface area contributed by atoms with Gasteiger partial charge in [0.15, 0.2) is 0 Å². The van der Waals surface area contributed by atoms with Crippen LogP contribution in [0, 0.1) is 16.7 Å². The van der Waals surface area contributed by atoms with Gasteiger partial charge in [0.2, 0.25) is 0 Å². The van der Waals surface area contributed by atoms with Gasteiger partial charge in [-0.15, -0.1) is 6.58 Å². The Hall–Kier alpha value is -1.35. The maximum Gasteiger partial charge on any atom is 0.127 e. The lowest BCUT2D eigenvalue weighted by Gasteiger charge is -2.57. The highest BCUT2D eigenvalue weighted by Gasteiger charge is 2.63.